The Labute approximate surface area is 113 Å². The van der Waals surface area contributed by atoms with E-state index in [1.165, 1.54) is 10.6 Å². The van der Waals surface area contributed by atoms with Gasteiger partial charge in [-0.15, -0.1) is 0 Å². The first-order valence-corrected chi connectivity index (χ1v) is 8.21. The highest BCUT2D eigenvalue weighted by Gasteiger charge is 2.24. The summed E-state index contributed by atoms with van der Waals surface area (Å²) in [5, 5.41) is 12.2. The molecule has 0 bridgehead atoms. The monoisotopic (exact) mass is 288 g/mol. The van der Waals surface area contributed by atoms with Gasteiger partial charge >= 0.3 is 0 Å². The molecule has 6 nitrogen and oxygen atoms in total. The minimum atomic E-state index is -3.06. The Bertz CT molecular complexity index is 504. The van der Waals surface area contributed by atoms with Crippen LogP contribution in [-0.2, 0) is 23.2 Å². The fourth-order valence-electron chi connectivity index (χ4n) is 2.24. The molecule has 0 aliphatic carbocycles. The number of furan rings is 1. The topological polar surface area (TPSA) is 82.8 Å². The summed E-state index contributed by atoms with van der Waals surface area (Å²) in [5.41, 5.74) is 0. The van der Waals surface area contributed by atoms with Crippen LogP contribution in [0.4, 0.5) is 0 Å². The zero-order chi connectivity index (χ0) is 13.9. The average Bonchev–Trinajstić information content (AvgIpc) is 2.84. The maximum absolute atomic E-state index is 11.4. The van der Waals surface area contributed by atoms with E-state index in [0.29, 0.717) is 31.4 Å². The van der Waals surface area contributed by atoms with Gasteiger partial charge < -0.3 is 14.8 Å². The number of sulfonamides is 1. The maximum Gasteiger partial charge on any atom is 0.211 e. The number of rotatable bonds is 5. The molecule has 0 saturated carbocycles. The van der Waals surface area contributed by atoms with Crippen LogP contribution in [0.25, 0.3) is 0 Å². The Kier molecular flexibility index (Phi) is 4.62. The van der Waals surface area contributed by atoms with Gasteiger partial charge in [0.1, 0.15) is 18.1 Å². The Balaban J connectivity index is 1.77. The van der Waals surface area contributed by atoms with Gasteiger partial charge in [-0.3, -0.25) is 0 Å². The van der Waals surface area contributed by atoms with Crippen LogP contribution < -0.4 is 5.32 Å². The minimum absolute atomic E-state index is 0.0905. The summed E-state index contributed by atoms with van der Waals surface area (Å²) in [6.07, 6.45) is 2.86. The van der Waals surface area contributed by atoms with Crippen molar-refractivity contribution in [3.05, 3.63) is 23.7 Å². The smallest absolute Gasteiger partial charge is 0.211 e. The predicted molar refractivity (Wildman–Crippen MR) is 70.9 cm³/mol. The molecular formula is C12H20N2O4S. The van der Waals surface area contributed by atoms with Crippen LogP contribution in [0.3, 0.4) is 0 Å². The van der Waals surface area contributed by atoms with Crippen molar-refractivity contribution in [1.82, 2.24) is 9.62 Å². The molecule has 2 N–H and O–H groups in total. The third kappa shape index (κ3) is 4.04. The molecule has 2 rings (SSSR count). The third-order valence-electron chi connectivity index (χ3n) is 3.36. The summed E-state index contributed by atoms with van der Waals surface area (Å²) < 4.78 is 29.6. The number of aliphatic hydroxyl groups excluding tert-OH is 1. The van der Waals surface area contributed by atoms with Crippen LogP contribution in [0.2, 0.25) is 0 Å². The number of piperidine rings is 1. The molecule has 1 aromatic heterocycles. The van der Waals surface area contributed by atoms with Crippen molar-refractivity contribution in [2.45, 2.75) is 32.0 Å². The maximum atomic E-state index is 11.4. The van der Waals surface area contributed by atoms with Crippen molar-refractivity contribution in [2.75, 3.05) is 19.3 Å². The first-order chi connectivity index (χ1) is 8.99. The first-order valence-electron chi connectivity index (χ1n) is 6.36. The summed E-state index contributed by atoms with van der Waals surface area (Å²) >= 11 is 0. The summed E-state index contributed by atoms with van der Waals surface area (Å²) in [5.74, 6) is 1.35. The van der Waals surface area contributed by atoms with E-state index in [2.05, 4.69) is 5.32 Å². The van der Waals surface area contributed by atoms with Crippen LogP contribution in [0.15, 0.2) is 16.5 Å². The van der Waals surface area contributed by atoms with Crippen LogP contribution >= 0.6 is 0 Å². The lowest BCUT2D eigenvalue weighted by Crippen LogP contribution is -2.44. The molecular weight excluding hydrogens is 268 g/mol. The molecule has 1 aliphatic heterocycles. The number of nitrogens with zero attached hydrogens (tertiary/aromatic N) is 1. The molecule has 1 fully saturated rings. The second-order valence-electron chi connectivity index (χ2n) is 4.84. The molecule has 1 aliphatic rings. The van der Waals surface area contributed by atoms with Crippen molar-refractivity contribution >= 4 is 10.0 Å². The van der Waals surface area contributed by atoms with Gasteiger partial charge in [-0.1, -0.05) is 0 Å². The number of nitrogens with one attached hydrogen (secondary N) is 1. The summed E-state index contributed by atoms with van der Waals surface area (Å²) in [4.78, 5) is 0. The van der Waals surface area contributed by atoms with Crippen LogP contribution in [0.1, 0.15) is 24.4 Å². The second kappa shape index (κ2) is 6.04. The molecule has 0 aromatic carbocycles. The van der Waals surface area contributed by atoms with E-state index in [4.69, 9.17) is 9.52 Å². The van der Waals surface area contributed by atoms with Gasteiger partial charge in [-0.05, 0) is 25.0 Å². The minimum Gasteiger partial charge on any atom is -0.462 e. The Hall–Kier alpha value is -0.890. The number of hydrogen-bond acceptors (Lipinski definition) is 5. The van der Waals surface area contributed by atoms with Gasteiger partial charge in [0.05, 0.1) is 12.8 Å². The predicted octanol–water partition coefficient (Wildman–Crippen LogP) is 0.285. The lowest BCUT2D eigenvalue weighted by atomic mass is 10.1. The standard InChI is InChI=1S/C12H20N2O4S/c1-19(16,17)14-6-4-10(5-7-14)13-8-11-2-3-12(9-15)18-11/h2-3,10,13,15H,4-9H2,1H3. The van der Waals surface area contributed by atoms with Crippen LogP contribution in [0, 0.1) is 0 Å². The molecule has 0 unspecified atom stereocenters. The molecule has 0 radical (unpaired) electrons. The second-order valence-corrected chi connectivity index (χ2v) is 6.83. The Morgan fingerprint density at radius 2 is 2.00 bits per heavy atom. The molecule has 7 heteroatoms. The molecule has 19 heavy (non-hydrogen) atoms. The average molecular weight is 288 g/mol. The first kappa shape index (κ1) is 14.5. The molecule has 0 spiro atoms. The largest absolute Gasteiger partial charge is 0.462 e. The molecule has 1 saturated heterocycles. The quantitative estimate of drug-likeness (QED) is 0.813. The lowest BCUT2D eigenvalue weighted by molar-refractivity contribution is 0.240. The van der Waals surface area contributed by atoms with Gasteiger partial charge in [0.15, 0.2) is 0 Å². The van der Waals surface area contributed by atoms with Crippen molar-refractivity contribution < 1.29 is 17.9 Å². The highest BCUT2D eigenvalue weighted by Crippen LogP contribution is 2.14. The van der Waals surface area contributed by atoms with Crippen molar-refractivity contribution in [3.63, 3.8) is 0 Å². The van der Waals surface area contributed by atoms with E-state index < -0.39 is 10.0 Å². The van der Waals surface area contributed by atoms with Gasteiger partial charge in [0.25, 0.3) is 0 Å². The normalized spacial score (nSPS) is 18.8. The third-order valence-corrected chi connectivity index (χ3v) is 4.66. The highest BCUT2D eigenvalue weighted by atomic mass is 32.2. The fourth-order valence-corrected chi connectivity index (χ4v) is 3.11. The van der Waals surface area contributed by atoms with Crippen LogP contribution in [0.5, 0.6) is 0 Å². The van der Waals surface area contributed by atoms with Crippen molar-refractivity contribution in [2.24, 2.45) is 0 Å². The van der Waals surface area contributed by atoms with Gasteiger partial charge in [-0.25, -0.2) is 12.7 Å². The lowest BCUT2D eigenvalue weighted by Gasteiger charge is -2.30. The van der Waals surface area contributed by atoms with Crippen LogP contribution in [-0.4, -0.2) is 43.2 Å². The van der Waals surface area contributed by atoms with E-state index in [1.54, 1.807) is 6.07 Å². The molecule has 0 amide bonds. The molecule has 108 valence electrons. The van der Waals surface area contributed by atoms with Gasteiger partial charge in [0.2, 0.25) is 10.0 Å². The van der Waals surface area contributed by atoms with E-state index >= 15 is 0 Å². The zero-order valence-corrected chi connectivity index (χ0v) is 11.8. The summed E-state index contributed by atoms with van der Waals surface area (Å²) in [7, 11) is -3.06. The van der Waals surface area contributed by atoms with Crippen molar-refractivity contribution in [3.8, 4) is 0 Å². The Morgan fingerprint density at radius 3 is 2.53 bits per heavy atom. The SMILES string of the molecule is CS(=O)(=O)N1CCC(NCc2ccc(CO)o2)CC1. The fraction of sp³-hybridized carbons (Fsp3) is 0.667. The number of aliphatic hydroxyl groups is 1. The Morgan fingerprint density at radius 1 is 1.37 bits per heavy atom. The van der Waals surface area contributed by atoms with E-state index in [0.717, 1.165) is 18.6 Å². The van der Waals surface area contributed by atoms with E-state index in [9.17, 15) is 8.42 Å². The molecule has 2 heterocycles. The molecule has 1 aromatic rings. The van der Waals surface area contributed by atoms with Gasteiger partial charge in [0, 0.05) is 19.1 Å². The van der Waals surface area contributed by atoms with E-state index in [1.807, 2.05) is 6.07 Å². The van der Waals surface area contributed by atoms with Gasteiger partial charge in [-0.2, -0.15) is 0 Å². The highest BCUT2D eigenvalue weighted by molar-refractivity contribution is 7.88. The van der Waals surface area contributed by atoms with Crippen molar-refractivity contribution in [1.29, 1.82) is 0 Å². The van der Waals surface area contributed by atoms with E-state index in [-0.39, 0.29) is 6.61 Å². The summed E-state index contributed by atoms with van der Waals surface area (Å²) in [6, 6.07) is 3.90. The summed E-state index contributed by atoms with van der Waals surface area (Å²) in [6.45, 7) is 1.64. The number of hydrogen-bond donors (Lipinski definition) is 2. The zero-order valence-electron chi connectivity index (χ0n) is 11.0. The molecule has 0 atom stereocenters.